The summed E-state index contributed by atoms with van der Waals surface area (Å²) in [4.78, 5) is 16.3. The Bertz CT molecular complexity index is 490. The average molecular weight is 325 g/mol. The minimum absolute atomic E-state index is 0.00674. The summed E-state index contributed by atoms with van der Waals surface area (Å²) in [6.07, 6.45) is 2.30. The summed E-state index contributed by atoms with van der Waals surface area (Å²) in [6.45, 7) is 6.82. The minimum Gasteiger partial charge on any atom is -0.373 e. The van der Waals surface area contributed by atoms with Crippen molar-refractivity contribution in [1.29, 1.82) is 0 Å². The van der Waals surface area contributed by atoms with Crippen LogP contribution in [0.2, 0.25) is 0 Å². The molecule has 1 aliphatic rings. The van der Waals surface area contributed by atoms with Crippen molar-refractivity contribution in [2.24, 2.45) is 5.92 Å². The van der Waals surface area contributed by atoms with E-state index in [1.54, 1.807) is 6.20 Å². The first-order valence-electron chi connectivity index (χ1n) is 6.23. The van der Waals surface area contributed by atoms with Crippen LogP contribution in [0.25, 0.3) is 0 Å². The zero-order valence-electron chi connectivity index (χ0n) is 10.9. The molecular weight excluding hydrogens is 308 g/mol. The van der Waals surface area contributed by atoms with Crippen LogP contribution in [-0.2, 0) is 16.1 Å². The van der Waals surface area contributed by atoms with E-state index in [9.17, 15) is 4.79 Å². The maximum absolute atomic E-state index is 12.1. The fourth-order valence-electron chi connectivity index (χ4n) is 2.20. The number of nitrogens with zero attached hydrogens (tertiary/aromatic N) is 1. The first-order chi connectivity index (χ1) is 9.08. The van der Waals surface area contributed by atoms with E-state index >= 15 is 0 Å². The van der Waals surface area contributed by atoms with Crippen LogP contribution in [0.5, 0.6) is 0 Å². The molecule has 5 heteroatoms. The standard InChI is InChI=1S/C14H17BrN2O2/c1-9(2)13-12(4-6-19-13)14(18)17-8-11-7-10(15)3-5-16-11/h3,5,7,12-13H,1,4,6,8H2,2H3,(H,17,18)/t12-,13-/m0/s1. The van der Waals surface area contributed by atoms with E-state index in [1.807, 2.05) is 19.1 Å². The lowest BCUT2D eigenvalue weighted by atomic mass is 9.96. The Balaban J connectivity index is 1.92. The predicted molar refractivity (Wildman–Crippen MR) is 76.4 cm³/mol. The molecule has 4 nitrogen and oxygen atoms in total. The SMILES string of the molecule is C=C(C)[C@@H]1OCC[C@@H]1C(=O)NCc1cc(Br)ccn1. The molecule has 0 aliphatic carbocycles. The van der Waals surface area contributed by atoms with Crippen LogP contribution >= 0.6 is 15.9 Å². The molecule has 0 bridgehead atoms. The molecule has 1 fully saturated rings. The zero-order valence-corrected chi connectivity index (χ0v) is 12.4. The summed E-state index contributed by atoms with van der Waals surface area (Å²) in [5.74, 6) is -0.128. The smallest absolute Gasteiger partial charge is 0.226 e. The summed E-state index contributed by atoms with van der Waals surface area (Å²) >= 11 is 3.38. The molecule has 2 atom stereocenters. The van der Waals surface area contributed by atoms with E-state index < -0.39 is 0 Å². The van der Waals surface area contributed by atoms with Crippen LogP contribution in [0.4, 0.5) is 0 Å². The number of amides is 1. The Labute approximate surface area is 121 Å². The lowest BCUT2D eigenvalue weighted by Gasteiger charge is -2.18. The van der Waals surface area contributed by atoms with Gasteiger partial charge in [0.25, 0.3) is 0 Å². The summed E-state index contributed by atoms with van der Waals surface area (Å²) in [5, 5.41) is 2.91. The first-order valence-corrected chi connectivity index (χ1v) is 7.02. The maximum atomic E-state index is 12.1. The topological polar surface area (TPSA) is 51.2 Å². The Morgan fingerprint density at radius 3 is 3.16 bits per heavy atom. The van der Waals surface area contributed by atoms with Crippen molar-refractivity contribution in [3.63, 3.8) is 0 Å². The van der Waals surface area contributed by atoms with Crippen LogP contribution in [0, 0.1) is 5.92 Å². The van der Waals surface area contributed by atoms with Gasteiger partial charge in [-0.05, 0) is 25.5 Å². The Kier molecular flexibility index (Phi) is 4.71. The molecule has 1 aliphatic heterocycles. The van der Waals surface area contributed by atoms with Gasteiger partial charge in [0.05, 0.1) is 24.3 Å². The molecule has 1 aromatic heterocycles. The highest BCUT2D eigenvalue weighted by atomic mass is 79.9. The number of nitrogens with one attached hydrogen (secondary N) is 1. The molecule has 0 radical (unpaired) electrons. The van der Waals surface area contributed by atoms with Crippen molar-refractivity contribution >= 4 is 21.8 Å². The van der Waals surface area contributed by atoms with Crippen LogP contribution in [-0.4, -0.2) is 23.6 Å². The van der Waals surface area contributed by atoms with Gasteiger partial charge in [0.2, 0.25) is 5.91 Å². The number of aromatic nitrogens is 1. The van der Waals surface area contributed by atoms with Crippen molar-refractivity contribution < 1.29 is 9.53 Å². The molecule has 0 spiro atoms. The average Bonchev–Trinajstić information content (AvgIpc) is 2.85. The number of rotatable bonds is 4. The largest absolute Gasteiger partial charge is 0.373 e. The number of hydrogen-bond donors (Lipinski definition) is 1. The van der Waals surface area contributed by atoms with Crippen molar-refractivity contribution in [1.82, 2.24) is 10.3 Å². The highest BCUT2D eigenvalue weighted by molar-refractivity contribution is 9.10. The maximum Gasteiger partial charge on any atom is 0.226 e. The van der Waals surface area contributed by atoms with Gasteiger partial charge < -0.3 is 10.1 Å². The monoisotopic (exact) mass is 324 g/mol. The van der Waals surface area contributed by atoms with Gasteiger partial charge in [-0.15, -0.1) is 0 Å². The second-order valence-corrected chi connectivity index (χ2v) is 5.63. The lowest BCUT2D eigenvalue weighted by Crippen LogP contribution is -2.35. The van der Waals surface area contributed by atoms with Crippen molar-refractivity contribution in [3.05, 3.63) is 40.6 Å². The van der Waals surface area contributed by atoms with Crippen LogP contribution < -0.4 is 5.32 Å². The number of carbonyl (C=O) groups is 1. The third-order valence-electron chi connectivity index (χ3n) is 3.14. The molecule has 102 valence electrons. The van der Waals surface area contributed by atoms with Crippen LogP contribution in [0.1, 0.15) is 19.0 Å². The predicted octanol–water partition coefficient (Wildman–Crippen LogP) is 2.44. The molecule has 1 N–H and O–H groups in total. The van der Waals surface area contributed by atoms with Crippen molar-refractivity contribution in [2.75, 3.05) is 6.61 Å². The van der Waals surface area contributed by atoms with Gasteiger partial charge in [-0.3, -0.25) is 9.78 Å². The van der Waals surface area contributed by atoms with Gasteiger partial charge in [0, 0.05) is 17.3 Å². The van der Waals surface area contributed by atoms with Gasteiger partial charge in [-0.2, -0.15) is 0 Å². The van der Waals surface area contributed by atoms with E-state index in [0.29, 0.717) is 13.2 Å². The molecule has 1 aromatic rings. The number of hydrogen-bond acceptors (Lipinski definition) is 3. The quantitative estimate of drug-likeness (QED) is 0.865. The van der Waals surface area contributed by atoms with Gasteiger partial charge in [-0.25, -0.2) is 0 Å². The van der Waals surface area contributed by atoms with Crippen LogP contribution in [0.15, 0.2) is 35.0 Å². The Morgan fingerprint density at radius 2 is 2.47 bits per heavy atom. The molecule has 0 saturated carbocycles. The van der Waals surface area contributed by atoms with Crippen molar-refractivity contribution in [3.8, 4) is 0 Å². The van der Waals surface area contributed by atoms with Crippen LogP contribution in [0.3, 0.4) is 0 Å². The van der Waals surface area contributed by atoms with E-state index in [4.69, 9.17) is 4.74 Å². The summed E-state index contributed by atoms with van der Waals surface area (Å²) < 4.78 is 6.49. The summed E-state index contributed by atoms with van der Waals surface area (Å²) in [7, 11) is 0. The molecule has 2 heterocycles. The number of pyridine rings is 1. The highest BCUT2D eigenvalue weighted by Gasteiger charge is 2.34. The van der Waals surface area contributed by atoms with Crippen molar-refractivity contribution in [2.45, 2.75) is 26.0 Å². The molecule has 2 rings (SSSR count). The second kappa shape index (κ2) is 6.30. The highest BCUT2D eigenvalue weighted by Crippen LogP contribution is 2.25. The first kappa shape index (κ1) is 14.2. The molecule has 1 saturated heterocycles. The molecule has 0 unspecified atom stereocenters. The van der Waals surface area contributed by atoms with E-state index in [1.165, 1.54) is 0 Å². The van der Waals surface area contributed by atoms with E-state index in [0.717, 1.165) is 22.2 Å². The van der Waals surface area contributed by atoms with Gasteiger partial charge >= 0.3 is 0 Å². The summed E-state index contributed by atoms with van der Waals surface area (Å²) in [6, 6.07) is 3.74. The van der Waals surface area contributed by atoms with E-state index in [2.05, 4.69) is 32.8 Å². The Morgan fingerprint density at radius 1 is 1.68 bits per heavy atom. The molecule has 1 amide bonds. The van der Waals surface area contributed by atoms with Gasteiger partial charge in [-0.1, -0.05) is 28.1 Å². The second-order valence-electron chi connectivity index (χ2n) is 4.72. The van der Waals surface area contributed by atoms with Gasteiger partial charge in [0.1, 0.15) is 0 Å². The zero-order chi connectivity index (χ0) is 13.8. The third-order valence-corrected chi connectivity index (χ3v) is 3.63. The lowest BCUT2D eigenvalue weighted by molar-refractivity contribution is -0.126. The number of carbonyl (C=O) groups excluding carboxylic acids is 1. The van der Waals surface area contributed by atoms with Gasteiger partial charge in [0.15, 0.2) is 0 Å². The third kappa shape index (κ3) is 3.64. The fraction of sp³-hybridized carbons (Fsp3) is 0.429. The summed E-state index contributed by atoms with van der Waals surface area (Å²) in [5.41, 5.74) is 1.73. The fourth-order valence-corrected chi connectivity index (χ4v) is 2.58. The number of ether oxygens (including phenoxy) is 1. The number of halogens is 1. The Hall–Kier alpha value is -1.20. The van der Waals surface area contributed by atoms with E-state index in [-0.39, 0.29) is 17.9 Å². The minimum atomic E-state index is -0.157. The molecule has 19 heavy (non-hydrogen) atoms. The normalized spacial score (nSPS) is 22.2. The molecule has 0 aromatic carbocycles. The molecular formula is C14H17BrN2O2.